The fourth-order valence-electron chi connectivity index (χ4n) is 0.741. The molecule has 0 aliphatic carbocycles. The molecule has 0 saturated heterocycles. The van der Waals surface area contributed by atoms with Crippen molar-refractivity contribution >= 4 is 0 Å². The van der Waals surface area contributed by atoms with Gasteiger partial charge in [0.1, 0.15) is 0 Å². The Morgan fingerprint density at radius 2 is 2.56 bits per heavy atom. The van der Waals surface area contributed by atoms with Crippen molar-refractivity contribution < 1.29 is 5.11 Å². The minimum Gasteiger partial charge on any atom is -0.394 e. The molecule has 0 aliphatic heterocycles. The molecule has 0 aromatic heterocycles. The molecule has 0 heterocycles. The van der Waals surface area contributed by atoms with Gasteiger partial charge in [0.2, 0.25) is 0 Å². The number of aliphatic hydroxyl groups is 1. The van der Waals surface area contributed by atoms with Gasteiger partial charge in [-0.25, -0.2) is 12.1 Å². The Labute approximate surface area is 54.3 Å². The van der Waals surface area contributed by atoms with E-state index in [4.69, 9.17) is 10.8 Å². The van der Waals surface area contributed by atoms with Gasteiger partial charge in [-0.15, -0.1) is 5.56 Å². The average Bonchev–Trinajstić information content (AvgIpc) is 2.37. The number of hydrogen-bond acceptors (Lipinski definition) is 2. The highest BCUT2D eigenvalue weighted by atomic mass is 16.3. The Bertz CT molecular complexity index is 157. The Morgan fingerprint density at radius 1 is 1.78 bits per heavy atom. The van der Waals surface area contributed by atoms with E-state index in [2.05, 4.69) is 0 Å². The lowest BCUT2D eigenvalue weighted by atomic mass is 10.2. The second-order valence-corrected chi connectivity index (χ2v) is 2.01. The molecule has 9 heavy (non-hydrogen) atoms. The highest BCUT2D eigenvalue weighted by Gasteiger charge is 1.95. The van der Waals surface area contributed by atoms with Crippen LogP contribution in [-0.2, 0) is 0 Å². The van der Waals surface area contributed by atoms with Crippen molar-refractivity contribution in [3.05, 3.63) is 29.8 Å². The van der Waals surface area contributed by atoms with Gasteiger partial charge in [-0.1, -0.05) is 0 Å². The molecule has 0 fully saturated rings. The minimum absolute atomic E-state index is 0.0179. The molecule has 0 bridgehead atoms. The summed E-state index contributed by atoms with van der Waals surface area (Å²) in [7, 11) is 0. The first-order valence-electron chi connectivity index (χ1n) is 2.92. The van der Waals surface area contributed by atoms with E-state index in [0.717, 1.165) is 5.56 Å². The van der Waals surface area contributed by atoms with Crippen molar-refractivity contribution in [2.75, 3.05) is 6.61 Å². The Kier molecular flexibility index (Phi) is 1.92. The average molecular weight is 124 g/mol. The van der Waals surface area contributed by atoms with Gasteiger partial charge in [0.25, 0.3) is 0 Å². The number of nitrogens with two attached hydrogens (primary N) is 1. The van der Waals surface area contributed by atoms with Crippen LogP contribution in [0.25, 0.3) is 0 Å². The van der Waals surface area contributed by atoms with Crippen LogP contribution >= 0.6 is 0 Å². The first-order valence-corrected chi connectivity index (χ1v) is 2.92. The molecule has 0 aliphatic rings. The molecule has 1 atom stereocenters. The predicted octanol–water partition coefficient (Wildman–Crippen LogP) is 0.398. The molecule has 0 radical (unpaired) electrons. The summed E-state index contributed by atoms with van der Waals surface area (Å²) in [4.78, 5) is 0. The molecule has 3 N–H and O–H groups in total. The van der Waals surface area contributed by atoms with Crippen molar-refractivity contribution in [1.82, 2.24) is 0 Å². The largest absolute Gasteiger partial charge is 0.394 e. The van der Waals surface area contributed by atoms with Crippen LogP contribution in [0.3, 0.4) is 0 Å². The Morgan fingerprint density at radius 3 is 3.00 bits per heavy atom. The van der Waals surface area contributed by atoms with Crippen LogP contribution in [0.15, 0.2) is 24.3 Å². The fraction of sp³-hybridized carbons (Fsp3) is 0.286. The van der Waals surface area contributed by atoms with Gasteiger partial charge in [-0.2, -0.15) is 12.1 Å². The molecule has 0 saturated carbocycles. The van der Waals surface area contributed by atoms with E-state index in [0.29, 0.717) is 0 Å². The van der Waals surface area contributed by atoms with Crippen LogP contribution < -0.4 is 5.73 Å². The minimum atomic E-state index is -0.208. The van der Waals surface area contributed by atoms with Crippen LogP contribution in [0.4, 0.5) is 0 Å². The highest BCUT2D eigenvalue weighted by molar-refractivity contribution is 5.19. The maximum atomic E-state index is 8.58. The van der Waals surface area contributed by atoms with E-state index in [1.807, 2.05) is 24.3 Å². The summed E-state index contributed by atoms with van der Waals surface area (Å²) >= 11 is 0. The quantitative estimate of drug-likeness (QED) is 0.560. The standard InChI is InChI=1S/C7H10NO/c8-7(5-9)6-3-1-2-4-6/h1-4,7,9H,5,8H2/q-1/t7-/m0/s1. The van der Waals surface area contributed by atoms with Gasteiger partial charge < -0.3 is 10.8 Å². The zero-order chi connectivity index (χ0) is 6.69. The van der Waals surface area contributed by atoms with Gasteiger partial charge in [0.15, 0.2) is 0 Å². The van der Waals surface area contributed by atoms with Crippen molar-refractivity contribution in [1.29, 1.82) is 0 Å². The van der Waals surface area contributed by atoms with Gasteiger partial charge in [0.05, 0.1) is 6.61 Å². The molecule has 1 aromatic rings. The van der Waals surface area contributed by atoms with Crippen molar-refractivity contribution in [2.45, 2.75) is 6.04 Å². The van der Waals surface area contributed by atoms with Gasteiger partial charge >= 0.3 is 0 Å². The third kappa shape index (κ3) is 1.34. The first-order chi connectivity index (χ1) is 4.34. The summed E-state index contributed by atoms with van der Waals surface area (Å²) in [5.74, 6) is 0. The third-order valence-electron chi connectivity index (χ3n) is 1.31. The molecule has 2 nitrogen and oxygen atoms in total. The maximum Gasteiger partial charge on any atom is 0.0603 e. The number of rotatable bonds is 2. The summed E-state index contributed by atoms with van der Waals surface area (Å²) in [6.07, 6.45) is 0. The van der Waals surface area contributed by atoms with E-state index < -0.39 is 0 Å². The predicted molar refractivity (Wildman–Crippen MR) is 36.0 cm³/mol. The van der Waals surface area contributed by atoms with Gasteiger partial charge in [-0.3, -0.25) is 0 Å². The molecule has 2 heteroatoms. The second-order valence-electron chi connectivity index (χ2n) is 2.01. The second kappa shape index (κ2) is 2.71. The van der Waals surface area contributed by atoms with Crippen LogP contribution in [0, 0.1) is 0 Å². The van der Waals surface area contributed by atoms with Crippen molar-refractivity contribution in [3.8, 4) is 0 Å². The normalized spacial score (nSPS) is 13.6. The third-order valence-corrected chi connectivity index (χ3v) is 1.31. The Hall–Kier alpha value is -0.730. The summed E-state index contributed by atoms with van der Waals surface area (Å²) in [6.45, 7) is 0.0179. The lowest BCUT2D eigenvalue weighted by molar-refractivity contribution is 0.268. The molecular weight excluding hydrogens is 114 g/mol. The van der Waals surface area contributed by atoms with E-state index >= 15 is 0 Å². The molecule has 1 rings (SSSR count). The van der Waals surface area contributed by atoms with Crippen molar-refractivity contribution in [2.24, 2.45) is 5.73 Å². The lowest BCUT2D eigenvalue weighted by Gasteiger charge is -2.08. The molecule has 50 valence electrons. The van der Waals surface area contributed by atoms with E-state index in [1.165, 1.54) is 0 Å². The van der Waals surface area contributed by atoms with Crippen LogP contribution in [0.5, 0.6) is 0 Å². The molecule has 0 amide bonds. The van der Waals surface area contributed by atoms with E-state index in [9.17, 15) is 0 Å². The Balaban J connectivity index is 2.65. The van der Waals surface area contributed by atoms with E-state index in [1.54, 1.807) is 0 Å². The molecular formula is C7H10NO-. The molecule has 0 unspecified atom stereocenters. The zero-order valence-corrected chi connectivity index (χ0v) is 5.12. The topological polar surface area (TPSA) is 46.2 Å². The van der Waals surface area contributed by atoms with Gasteiger partial charge in [-0.05, 0) is 0 Å². The summed E-state index contributed by atoms with van der Waals surface area (Å²) < 4.78 is 0. The lowest BCUT2D eigenvalue weighted by Crippen LogP contribution is -2.13. The summed E-state index contributed by atoms with van der Waals surface area (Å²) in [5.41, 5.74) is 6.49. The monoisotopic (exact) mass is 124 g/mol. The zero-order valence-electron chi connectivity index (χ0n) is 5.12. The number of hydrogen-bond donors (Lipinski definition) is 2. The fourth-order valence-corrected chi connectivity index (χ4v) is 0.741. The van der Waals surface area contributed by atoms with Crippen molar-refractivity contribution in [3.63, 3.8) is 0 Å². The molecule has 1 aromatic carbocycles. The maximum absolute atomic E-state index is 8.58. The van der Waals surface area contributed by atoms with Crippen LogP contribution in [-0.4, -0.2) is 11.7 Å². The van der Waals surface area contributed by atoms with Gasteiger partial charge in [0, 0.05) is 6.04 Å². The van der Waals surface area contributed by atoms with Crippen LogP contribution in [0.1, 0.15) is 11.6 Å². The first kappa shape index (κ1) is 6.39. The highest BCUT2D eigenvalue weighted by Crippen LogP contribution is 2.08. The smallest absolute Gasteiger partial charge is 0.0603 e. The number of aliphatic hydroxyl groups excluding tert-OH is 1. The van der Waals surface area contributed by atoms with E-state index in [-0.39, 0.29) is 12.6 Å². The van der Waals surface area contributed by atoms with Crippen LogP contribution in [0.2, 0.25) is 0 Å². The molecule has 0 spiro atoms. The SMILES string of the molecule is N[C@@H](CO)c1ccc[cH-]1. The summed E-state index contributed by atoms with van der Waals surface area (Å²) in [5, 5.41) is 8.58. The summed E-state index contributed by atoms with van der Waals surface area (Å²) in [6, 6.07) is 7.41.